The number of aliphatic hydroxyl groups is 1. The fraction of sp³-hybridized carbons (Fsp3) is 0.600. The van der Waals surface area contributed by atoms with Gasteiger partial charge in [0.1, 0.15) is 5.75 Å². The number of ether oxygens (including phenoxy) is 1. The molecule has 0 aliphatic rings. The van der Waals surface area contributed by atoms with Crippen LogP contribution in [0.3, 0.4) is 0 Å². The van der Waals surface area contributed by atoms with Crippen LogP contribution < -0.4 is 10.1 Å². The molecule has 102 valence electrons. The number of nitrogens with one attached hydrogen (secondary N) is 1. The maximum atomic E-state index is 8.66. The minimum Gasteiger partial charge on any atom is -0.494 e. The summed E-state index contributed by atoms with van der Waals surface area (Å²) in [6.45, 7) is 7.27. The first-order valence-electron chi connectivity index (χ1n) is 6.75. The lowest BCUT2D eigenvalue weighted by Gasteiger charge is -2.09. The summed E-state index contributed by atoms with van der Waals surface area (Å²) < 4.78 is 5.57. The van der Waals surface area contributed by atoms with Gasteiger partial charge in [0.2, 0.25) is 0 Å². The van der Waals surface area contributed by atoms with Crippen LogP contribution in [0, 0.1) is 5.92 Å². The van der Waals surface area contributed by atoms with Crippen molar-refractivity contribution in [2.45, 2.75) is 33.2 Å². The molecule has 3 heteroatoms. The van der Waals surface area contributed by atoms with Gasteiger partial charge in [0.25, 0.3) is 0 Å². The standard InChI is InChI=1S/C15H25NO2/c1-13(2)11-16-12-14-5-7-15(8-6-14)18-10-4-3-9-17/h5-8,13,16-17H,3-4,9-12H2,1-2H3. The Morgan fingerprint density at radius 3 is 2.50 bits per heavy atom. The summed E-state index contributed by atoms with van der Waals surface area (Å²) in [5.41, 5.74) is 1.28. The van der Waals surface area contributed by atoms with Crippen LogP contribution in [0.15, 0.2) is 24.3 Å². The predicted octanol–water partition coefficient (Wildman–Crippen LogP) is 2.58. The normalized spacial score (nSPS) is 10.9. The van der Waals surface area contributed by atoms with E-state index in [2.05, 4.69) is 31.3 Å². The molecule has 0 aliphatic carbocycles. The van der Waals surface area contributed by atoms with Gasteiger partial charge in [0.15, 0.2) is 0 Å². The lowest BCUT2D eigenvalue weighted by Crippen LogP contribution is -2.18. The van der Waals surface area contributed by atoms with Gasteiger partial charge in [0, 0.05) is 13.2 Å². The first kappa shape index (κ1) is 15.0. The first-order valence-corrected chi connectivity index (χ1v) is 6.75. The molecule has 0 amide bonds. The second-order valence-electron chi connectivity index (χ2n) is 4.95. The van der Waals surface area contributed by atoms with Crippen LogP contribution >= 0.6 is 0 Å². The van der Waals surface area contributed by atoms with Crippen molar-refractivity contribution >= 4 is 0 Å². The second-order valence-corrected chi connectivity index (χ2v) is 4.95. The monoisotopic (exact) mass is 251 g/mol. The summed E-state index contributed by atoms with van der Waals surface area (Å²) in [4.78, 5) is 0. The Hall–Kier alpha value is -1.06. The van der Waals surface area contributed by atoms with Crippen molar-refractivity contribution in [2.75, 3.05) is 19.8 Å². The molecule has 0 bridgehead atoms. The average molecular weight is 251 g/mol. The van der Waals surface area contributed by atoms with Gasteiger partial charge in [-0.15, -0.1) is 0 Å². The molecule has 1 aromatic rings. The molecule has 0 aliphatic heterocycles. The van der Waals surface area contributed by atoms with Crippen molar-refractivity contribution in [2.24, 2.45) is 5.92 Å². The Bertz CT molecular complexity index is 309. The molecule has 1 aromatic carbocycles. The lowest BCUT2D eigenvalue weighted by atomic mass is 10.2. The van der Waals surface area contributed by atoms with Crippen molar-refractivity contribution < 1.29 is 9.84 Å². The summed E-state index contributed by atoms with van der Waals surface area (Å²) in [6.07, 6.45) is 1.70. The Labute approximate surface area is 110 Å². The van der Waals surface area contributed by atoms with Crippen molar-refractivity contribution in [3.05, 3.63) is 29.8 Å². The van der Waals surface area contributed by atoms with Gasteiger partial charge in [-0.05, 0) is 43.0 Å². The van der Waals surface area contributed by atoms with E-state index in [-0.39, 0.29) is 6.61 Å². The van der Waals surface area contributed by atoms with Gasteiger partial charge < -0.3 is 15.2 Å². The van der Waals surface area contributed by atoms with Gasteiger partial charge >= 0.3 is 0 Å². The van der Waals surface area contributed by atoms with Crippen LogP contribution in [0.1, 0.15) is 32.3 Å². The minimum absolute atomic E-state index is 0.240. The number of benzene rings is 1. The molecule has 0 radical (unpaired) electrons. The number of hydrogen-bond donors (Lipinski definition) is 2. The van der Waals surface area contributed by atoms with E-state index in [0.29, 0.717) is 12.5 Å². The summed E-state index contributed by atoms with van der Waals surface area (Å²) >= 11 is 0. The predicted molar refractivity (Wildman–Crippen MR) is 74.8 cm³/mol. The third kappa shape index (κ3) is 6.62. The summed E-state index contributed by atoms with van der Waals surface area (Å²) in [5, 5.41) is 12.1. The SMILES string of the molecule is CC(C)CNCc1ccc(OCCCCO)cc1. The minimum atomic E-state index is 0.240. The van der Waals surface area contributed by atoms with Crippen LogP contribution in [-0.2, 0) is 6.54 Å². The zero-order chi connectivity index (χ0) is 13.2. The van der Waals surface area contributed by atoms with E-state index < -0.39 is 0 Å². The van der Waals surface area contributed by atoms with Crippen molar-refractivity contribution in [1.82, 2.24) is 5.32 Å². The van der Waals surface area contributed by atoms with Crippen LogP contribution in [0.2, 0.25) is 0 Å². The summed E-state index contributed by atoms with van der Waals surface area (Å²) in [6, 6.07) is 8.19. The van der Waals surface area contributed by atoms with Crippen molar-refractivity contribution in [3.8, 4) is 5.75 Å². The average Bonchev–Trinajstić information content (AvgIpc) is 2.36. The van der Waals surface area contributed by atoms with E-state index >= 15 is 0 Å². The third-order valence-corrected chi connectivity index (χ3v) is 2.63. The Kier molecular flexibility index (Phi) is 7.46. The highest BCUT2D eigenvalue weighted by Crippen LogP contribution is 2.12. The molecule has 18 heavy (non-hydrogen) atoms. The molecule has 0 aromatic heterocycles. The molecule has 0 unspecified atom stereocenters. The van der Waals surface area contributed by atoms with Gasteiger partial charge in [-0.3, -0.25) is 0 Å². The molecular formula is C15H25NO2. The molecule has 0 fully saturated rings. The number of rotatable bonds is 9. The van der Waals surface area contributed by atoms with Crippen LogP contribution in [0.25, 0.3) is 0 Å². The molecule has 2 N–H and O–H groups in total. The quantitative estimate of drug-likeness (QED) is 0.663. The highest BCUT2D eigenvalue weighted by molar-refractivity contribution is 5.27. The maximum absolute atomic E-state index is 8.66. The van der Waals surface area contributed by atoms with E-state index in [1.54, 1.807) is 0 Å². The highest BCUT2D eigenvalue weighted by atomic mass is 16.5. The van der Waals surface area contributed by atoms with Crippen LogP contribution in [0.5, 0.6) is 5.75 Å². The van der Waals surface area contributed by atoms with E-state index in [1.807, 2.05) is 12.1 Å². The molecule has 0 saturated carbocycles. The largest absolute Gasteiger partial charge is 0.494 e. The van der Waals surface area contributed by atoms with Crippen molar-refractivity contribution in [3.63, 3.8) is 0 Å². The molecule has 0 saturated heterocycles. The Balaban J connectivity index is 2.24. The molecule has 3 nitrogen and oxygen atoms in total. The second kappa shape index (κ2) is 8.95. The summed E-state index contributed by atoms with van der Waals surface area (Å²) in [7, 11) is 0. The molecule has 0 atom stereocenters. The summed E-state index contributed by atoms with van der Waals surface area (Å²) in [5.74, 6) is 1.58. The maximum Gasteiger partial charge on any atom is 0.119 e. The van der Waals surface area contributed by atoms with Gasteiger partial charge in [-0.2, -0.15) is 0 Å². The van der Waals surface area contributed by atoms with Gasteiger partial charge in [-0.25, -0.2) is 0 Å². The van der Waals surface area contributed by atoms with Gasteiger partial charge in [-0.1, -0.05) is 26.0 Å². The van der Waals surface area contributed by atoms with Crippen LogP contribution in [-0.4, -0.2) is 24.9 Å². The van der Waals surface area contributed by atoms with Crippen LogP contribution in [0.4, 0.5) is 0 Å². The molecule has 1 rings (SSSR count). The van der Waals surface area contributed by atoms with E-state index in [0.717, 1.165) is 31.7 Å². The topological polar surface area (TPSA) is 41.5 Å². The number of hydrogen-bond acceptors (Lipinski definition) is 3. The number of unbranched alkanes of at least 4 members (excludes halogenated alkanes) is 1. The zero-order valence-electron chi connectivity index (χ0n) is 11.5. The Morgan fingerprint density at radius 2 is 1.89 bits per heavy atom. The smallest absolute Gasteiger partial charge is 0.119 e. The third-order valence-electron chi connectivity index (χ3n) is 2.63. The van der Waals surface area contributed by atoms with E-state index in [9.17, 15) is 0 Å². The number of aliphatic hydroxyl groups excluding tert-OH is 1. The van der Waals surface area contributed by atoms with Gasteiger partial charge in [0.05, 0.1) is 6.61 Å². The lowest BCUT2D eigenvalue weighted by molar-refractivity contribution is 0.253. The van der Waals surface area contributed by atoms with Crippen molar-refractivity contribution in [1.29, 1.82) is 0 Å². The molecule has 0 heterocycles. The Morgan fingerprint density at radius 1 is 1.17 bits per heavy atom. The first-order chi connectivity index (χ1) is 8.72. The van der Waals surface area contributed by atoms with E-state index in [1.165, 1.54) is 5.56 Å². The van der Waals surface area contributed by atoms with E-state index in [4.69, 9.17) is 9.84 Å². The molecule has 0 spiro atoms. The fourth-order valence-electron chi connectivity index (χ4n) is 1.61. The zero-order valence-corrected chi connectivity index (χ0v) is 11.5. The molecular weight excluding hydrogens is 226 g/mol. The fourth-order valence-corrected chi connectivity index (χ4v) is 1.61. The highest BCUT2D eigenvalue weighted by Gasteiger charge is 1.97.